The van der Waals surface area contributed by atoms with E-state index >= 15 is 0 Å². The number of nitrogen functional groups attached to an aromatic ring is 1. The molecule has 0 saturated carbocycles. The summed E-state index contributed by atoms with van der Waals surface area (Å²) in [6.07, 6.45) is 0.960. The second-order valence-corrected chi connectivity index (χ2v) is 4.85. The van der Waals surface area contributed by atoms with Crippen LogP contribution in [0.5, 0.6) is 0 Å². The van der Waals surface area contributed by atoms with Crippen LogP contribution >= 0.6 is 0 Å². The highest BCUT2D eigenvalue weighted by molar-refractivity contribution is 5.66. The average Bonchev–Trinajstić information content (AvgIpc) is 2.72. The van der Waals surface area contributed by atoms with E-state index in [4.69, 9.17) is 5.73 Å². The molecule has 0 bridgehead atoms. The summed E-state index contributed by atoms with van der Waals surface area (Å²) >= 11 is 0. The Morgan fingerprint density at radius 3 is 2.75 bits per heavy atom. The molecular weight excluding hydrogens is 250 g/mol. The Morgan fingerprint density at radius 1 is 1.40 bits per heavy atom. The van der Waals surface area contributed by atoms with Gasteiger partial charge in [0.25, 0.3) is 0 Å². The van der Waals surface area contributed by atoms with Crippen molar-refractivity contribution in [2.24, 2.45) is 0 Å². The van der Waals surface area contributed by atoms with Crippen LogP contribution in [0.4, 0.5) is 11.6 Å². The number of hydrogen-bond donors (Lipinski definition) is 2. The minimum Gasteiger partial charge on any atom is -0.382 e. The molecule has 1 aromatic heterocycles. The molecule has 1 aromatic carbocycles. The van der Waals surface area contributed by atoms with E-state index < -0.39 is 0 Å². The highest BCUT2D eigenvalue weighted by atomic mass is 15.3. The van der Waals surface area contributed by atoms with Gasteiger partial charge in [0, 0.05) is 6.54 Å². The summed E-state index contributed by atoms with van der Waals surface area (Å²) in [5.41, 5.74) is 9.62. The highest BCUT2D eigenvalue weighted by Crippen LogP contribution is 2.26. The zero-order valence-electron chi connectivity index (χ0n) is 12.1. The summed E-state index contributed by atoms with van der Waals surface area (Å²) in [4.78, 5) is 0. The van der Waals surface area contributed by atoms with E-state index in [1.165, 1.54) is 5.56 Å². The zero-order chi connectivity index (χ0) is 14.7. The molecule has 0 atom stereocenters. The smallest absolute Gasteiger partial charge is 0.168 e. The van der Waals surface area contributed by atoms with Gasteiger partial charge in [-0.3, -0.25) is 0 Å². The summed E-state index contributed by atoms with van der Waals surface area (Å²) in [5.74, 6) is 0.921. The maximum atomic E-state index is 9.25. The van der Waals surface area contributed by atoms with Crippen LogP contribution in [0.15, 0.2) is 18.2 Å². The number of hydrogen-bond acceptors (Lipinski definition) is 4. The first-order valence-electron chi connectivity index (χ1n) is 6.68. The lowest BCUT2D eigenvalue weighted by molar-refractivity contribution is 0.873. The van der Waals surface area contributed by atoms with Gasteiger partial charge >= 0.3 is 0 Å². The van der Waals surface area contributed by atoms with Crippen molar-refractivity contribution in [3.05, 3.63) is 34.9 Å². The van der Waals surface area contributed by atoms with Crippen molar-refractivity contribution in [1.82, 2.24) is 9.78 Å². The van der Waals surface area contributed by atoms with Crippen LogP contribution in [-0.2, 0) is 0 Å². The van der Waals surface area contributed by atoms with E-state index in [9.17, 15) is 5.26 Å². The molecule has 0 aliphatic rings. The number of aryl methyl sites for hydroxylation is 2. The first kappa shape index (κ1) is 13.9. The van der Waals surface area contributed by atoms with Crippen LogP contribution in [-0.4, -0.2) is 16.3 Å². The van der Waals surface area contributed by atoms with Crippen LogP contribution < -0.4 is 11.1 Å². The van der Waals surface area contributed by atoms with Gasteiger partial charge in [-0.15, -0.1) is 5.10 Å². The molecule has 0 fully saturated rings. The Hall–Kier alpha value is -2.48. The SMILES string of the molecule is CCCNc1nn(-c2ccc(C)cc2C)c(N)c1C#N. The Balaban J connectivity index is 2.52. The summed E-state index contributed by atoms with van der Waals surface area (Å²) in [5, 5.41) is 16.8. The van der Waals surface area contributed by atoms with Crippen molar-refractivity contribution in [2.75, 3.05) is 17.6 Å². The van der Waals surface area contributed by atoms with Crippen molar-refractivity contribution in [3.63, 3.8) is 0 Å². The predicted molar refractivity (Wildman–Crippen MR) is 80.9 cm³/mol. The summed E-state index contributed by atoms with van der Waals surface area (Å²) < 4.78 is 1.63. The first-order valence-corrected chi connectivity index (χ1v) is 6.68. The fraction of sp³-hybridized carbons (Fsp3) is 0.333. The predicted octanol–water partition coefficient (Wildman–Crippen LogP) is 2.76. The molecule has 3 N–H and O–H groups in total. The van der Waals surface area contributed by atoms with Crippen molar-refractivity contribution >= 4 is 11.6 Å². The molecule has 0 unspecified atom stereocenters. The Labute approximate surface area is 119 Å². The van der Waals surface area contributed by atoms with E-state index in [1.807, 2.05) is 26.0 Å². The third-order valence-corrected chi connectivity index (χ3v) is 3.16. The number of rotatable bonds is 4. The quantitative estimate of drug-likeness (QED) is 0.894. The van der Waals surface area contributed by atoms with E-state index in [-0.39, 0.29) is 0 Å². The highest BCUT2D eigenvalue weighted by Gasteiger charge is 2.17. The lowest BCUT2D eigenvalue weighted by Gasteiger charge is -2.08. The molecule has 0 saturated heterocycles. The number of nitrogens with zero attached hydrogens (tertiary/aromatic N) is 3. The van der Waals surface area contributed by atoms with Gasteiger partial charge in [0.1, 0.15) is 17.5 Å². The van der Waals surface area contributed by atoms with Gasteiger partial charge in [-0.2, -0.15) is 5.26 Å². The summed E-state index contributed by atoms with van der Waals surface area (Å²) in [6, 6.07) is 8.17. The lowest BCUT2D eigenvalue weighted by atomic mass is 10.1. The van der Waals surface area contributed by atoms with E-state index in [2.05, 4.69) is 29.5 Å². The Kier molecular flexibility index (Phi) is 3.94. The van der Waals surface area contributed by atoms with Crippen LogP contribution in [0, 0.1) is 25.2 Å². The monoisotopic (exact) mass is 269 g/mol. The number of nitrogens with two attached hydrogens (primary N) is 1. The van der Waals surface area contributed by atoms with Gasteiger partial charge < -0.3 is 11.1 Å². The zero-order valence-corrected chi connectivity index (χ0v) is 12.1. The molecule has 1 heterocycles. The molecule has 0 aliphatic heterocycles. The summed E-state index contributed by atoms with van der Waals surface area (Å²) in [7, 11) is 0. The molecule has 0 amide bonds. The number of nitrogens with one attached hydrogen (secondary N) is 1. The van der Waals surface area contributed by atoms with E-state index in [0.29, 0.717) is 17.2 Å². The molecule has 2 aromatic rings. The maximum Gasteiger partial charge on any atom is 0.168 e. The minimum absolute atomic E-state index is 0.373. The molecule has 0 aliphatic carbocycles. The average molecular weight is 269 g/mol. The number of aromatic nitrogens is 2. The molecule has 0 spiro atoms. The molecule has 20 heavy (non-hydrogen) atoms. The second kappa shape index (κ2) is 5.66. The molecule has 0 radical (unpaired) electrons. The molecule has 104 valence electrons. The van der Waals surface area contributed by atoms with Crippen molar-refractivity contribution in [1.29, 1.82) is 5.26 Å². The van der Waals surface area contributed by atoms with Crippen LogP contribution in [0.2, 0.25) is 0 Å². The van der Waals surface area contributed by atoms with Crippen LogP contribution in [0.1, 0.15) is 30.0 Å². The lowest BCUT2D eigenvalue weighted by Crippen LogP contribution is -2.05. The number of anilines is 2. The fourth-order valence-corrected chi connectivity index (χ4v) is 2.14. The van der Waals surface area contributed by atoms with Crippen molar-refractivity contribution in [2.45, 2.75) is 27.2 Å². The van der Waals surface area contributed by atoms with E-state index in [1.54, 1.807) is 4.68 Å². The topological polar surface area (TPSA) is 79.7 Å². The minimum atomic E-state index is 0.373. The van der Waals surface area contributed by atoms with Gasteiger partial charge in [-0.05, 0) is 31.9 Å². The van der Waals surface area contributed by atoms with Crippen molar-refractivity contribution < 1.29 is 0 Å². The number of nitriles is 1. The van der Waals surface area contributed by atoms with Gasteiger partial charge in [-0.25, -0.2) is 4.68 Å². The fourth-order valence-electron chi connectivity index (χ4n) is 2.14. The largest absolute Gasteiger partial charge is 0.382 e. The van der Waals surface area contributed by atoms with Gasteiger partial charge in [0.2, 0.25) is 0 Å². The standard InChI is InChI=1S/C15H19N5/c1-4-7-18-15-12(9-16)14(17)20(19-15)13-6-5-10(2)8-11(13)3/h5-6,8H,4,7,17H2,1-3H3,(H,18,19). The van der Waals surface area contributed by atoms with Gasteiger partial charge in [0.05, 0.1) is 5.69 Å². The molecular formula is C15H19N5. The molecule has 2 rings (SSSR count). The second-order valence-electron chi connectivity index (χ2n) is 4.85. The Morgan fingerprint density at radius 2 is 2.15 bits per heavy atom. The Bertz CT molecular complexity index is 664. The normalized spacial score (nSPS) is 10.3. The number of benzene rings is 1. The first-order chi connectivity index (χ1) is 9.58. The van der Waals surface area contributed by atoms with Crippen LogP contribution in [0.3, 0.4) is 0 Å². The molecule has 5 nitrogen and oxygen atoms in total. The molecule has 5 heteroatoms. The van der Waals surface area contributed by atoms with Crippen LogP contribution in [0.25, 0.3) is 5.69 Å². The maximum absolute atomic E-state index is 9.25. The van der Waals surface area contributed by atoms with Crippen molar-refractivity contribution in [3.8, 4) is 11.8 Å². The van der Waals surface area contributed by atoms with E-state index in [0.717, 1.165) is 24.2 Å². The van der Waals surface area contributed by atoms with Gasteiger partial charge in [0.15, 0.2) is 5.82 Å². The van der Waals surface area contributed by atoms with Gasteiger partial charge in [-0.1, -0.05) is 24.6 Å². The third kappa shape index (κ3) is 2.45. The third-order valence-electron chi connectivity index (χ3n) is 3.16. The summed E-state index contributed by atoms with van der Waals surface area (Å²) in [6.45, 7) is 6.87.